The Kier molecular flexibility index (Phi) is 3.32. The second-order valence-corrected chi connectivity index (χ2v) is 4.25. The summed E-state index contributed by atoms with van der Waals surface area (Å²) in [4.78, 5) is 22.4. The number of nitrogens with zero attached hydrogens (tertiary/aromatic N) is 1. The summed E-state index contributed by atoms with van der Waals surface area (Å²) >= 11 is 0. The highest BCUT2D eigenvalue weighted by Crippen LogP contribution is 2.04. The van der Waals surface area contributed by atoms with Crippen LogP contribution in [0.3, 0.4) is 0 Å². The zero-order chi connectivity index (χ0) is 13.1. The lowest BCUT2D eigenvalue weighted by Crippen LogP contribution is -2.21. The number of rotatable bonds is 4. The van der Waals surface area contributed by atoms with Crippen molar-refractivity contribution in [2.75, 3.05) is 0 Å². The number of hydrogen-bond donors (Lipinski definition) is 2. The highest BCUT2D eigenvalue weighted by Gasteiger charge is 2.09. The number of benzene rings is 1. The van der Waals surface area contributed by atoms with Gasteiger partial charge in [0.15, 0.2) is 0 Å². The van der Waals surface area contributed by atoms with E-state index in [1.165, 1.54) is 10.9 Å². The Labute approximate surface area is 104 Å². The molecule has 0 spiro atoms. The van der Waals surface area contributed by atoms with E-state index in [9.17, 15) is 9.59 Å². The molecule has 2 aromatic rings. The minimum atomic E-state index is -1.01. The van der Waals surface area contributed by atoms with Crippen molar-refractivity contribution in [3.05, 3.63) is 57.5 Å². The number of carboxylic acid groups (broad SMARTS) is 1. The normalized spacial score (nSPS) is 10.5. The molecule has 1 aromatic carbocycles. The van der Waals surface area contributed by atoms with Crippen molar-refractivity contribution in [3.63, 3.8) is 0 Å². The molecule has 0 fully saturated rings. The lowest BCUT2D eigenvalue weighted by atomic mass is 10.1. The third kappa shape index (κ3) is 2.68. The van der Waals surface area contributed by atoms with E-state index in [0.29, 0.717) is 6.54 Å². The molecule has 0 aliphatic heterocycles. The smallest absolute Gasteiger partial charge is 0.308 e. The van der Waals surface area contributed by atoms with Gasteiger partial charge in [-0.2, -0.15) is 0 Å². The van der Waals surface area contributed by atoms with Crippen LogP contribution in [0.4, 0.5) is 0 Å². The minimum absolute atomic E-state index is 0.254. The van der Waals surface area contributed by atoms with Crippen LogP contribution in [0.5, 0.6) is 0 Å². The van der Waals surface area contributed by atoms with Crippen molar-refractivity contribution in [1.29, 1.82) is 0 Å². The summed E-state index contributed by atoms with van der Waals surface area (Å²) in [6.07, 6.45) is 1.20. The number of aryl methyl sites for hydroxylation is 1. The molecule has 0 radical (unpaired) electrons. The van der Waals surface area contributed by atoms with Crippen molar-refractivity contribution < 1.29 is 9.90 Å². The molecule has 94 valence electrons. The van der Waals surface area contributed by atoms with Crippen LogP contribution in [-0.2, 0) is 17.8 Å². The van der Waals surface area contributed by atoms with Crippen LogP contribution in [0.15, 0.2) is 35.3 Å². The molecule has 2 rings (SSSR count). The third-order valence-electron chi connectivity index (χ3n) is 2.72. The number of aromatic amines is 1. The first-order valence-electron chi connectivity index (χ1n) is 5.60. The maximum absolute atomic E-state index is 11.8. The first-order valence-corrected chi connectivity index (χ1v) is 5.60. The molecule has 0 saturated heterocycles. The first kappa shape index (κ1) is 12.2. The van der Waals surface area contributed by atoms with Crippen molar-refractivity contribution in [2.45, 2.75) is 19.9 Å². The lowest BCUT2D eigenvalue weighted by Gasteiger charge is -2.02. The Balaban J connectivity index is 2.20. The summed E-state index contributed by atoms with van der Waals surface area (Å²) in [6.45, 7) is 2.41. The number of carbonyl (C=O) groups is 1. The van der Waals surface area contributed by atoms with Gasteiger partial charge in [-0.1, -0.05) is 29.8 Å². The average Bonchev–Trinajstić information content (AvgIpc) is 2.64. The average molecular weight is 246 g/mol. The largest absolute Gasteiger partial charge is 0.481 e. The van der Waals surface area contributed by atoms with E-state index < -0.39 is 5.97 Å². The molecule has 5 heteroatoms. The molecular weight excluding hydrogens is 232 g/mol. The van der Waals surface area contributed by atoms with Gasteiger partial charge in [0.25, 0.3) is 5.56 Å². The van der Waals surface area contributed by atoms with Crippen LogP contribution in [0.2, 0.25) is 0 Å². The summed E-state index contributed by atoms with van der Waals surface area (Å²) in [5, 5.41) is 11.4. The molecule has 1 heterocycles. The Morgan fingerprint density at radius 3 is 2.61 bits per heavy atom. The molecule has 5 nitrogen and oxygen atoms in total. The van der Waals surface area contributed by atoms with Gasteiger partial charge in [-0.15, -0.1) is 0 Å². The predicted octanol–water partition coefficient (Wildman–Crippen LogP) is 1.16. The van der Waals surface area contributed by atoms with Crippen molar-refractivity contribution in [2.24, 2.45) is 0 Å². The highest BCUT2D eigenvalue weighted by atomic mass is 16.4. The SMILES string of the molecule is Cc1ccc(Cn2[nH]cc(CC(=O)O)c2=O)cc1. The third-order valence-corrected chi connectivity index (χ3v) is 2.72. The summed E-state index contributed by atoms with van der Waals surface area (Å²) in [6, 6.07) is 7.84. The number of carboxylic acids is 1. The van der Waals surface area contributed by atoms with Crippen LogP contribution < -0.4 is 5.56 Å². The van der Waals surface area contributed by atoms with E-state index in [1.807, 2.05) is 31.2 Å². The molecule has 0 aliphatic carbocycles. The molecule has 0 unspecified atom stereocenters. The Hall–Kier alpha value is -2.30. The van der Waals surface area contributed by atoms with Crippen LogP contribution in [0.1, 0.15) is 16.7 Å². The van der Waals surface area contributed by atoms with E-state index in [2.05, 4.69) is 5.10 Å². The van der Waals surface area contributed by atoms with E-state index in [-0.39, 0.29) is 17.5 Å². The molecular formula is C13H14N2O3. The maximum atomic E-state index is 11.8. The molecule has 0 aliphatic rings. The van der Waals surface area contributed by atoms with Crippen LogP contribution >= 0.6 is 0 Å². The first-order chi connectivity index (χ1) is 8.56. The fraction of sp³-hybridized carbons (Fsp3) is 0.231. The fourth-order valence-corrected chi connectivity index (χ4v) is 1.73. The van der Waals surface area contributed by atoms with Crippen LogP contribution in [0.25, 0.3) is 0 Å². The van der Waals surface area contributed by atoms with Gasteiger partial charge >= 0.3 is 5.97 Å². The number of aromatic nitrogens is 2. The monoisotopic (exact) mass is 246 g/mol. The van der Waals surface area contributed by atoms with E-state index in [1.54, 1.807) is 0 Å². The summed E-state index contributed by atoms with van der Waals surface area (Å²) < 4.78 is 1.41. The molecule has 0 bridgehead atoms. The van der Waals surface area contributed by atoms with Crippen LogP contribution in [-0.4, -0.2) is 20.9 Å². The molecule has 0 atom stereocenters. The predicted molar refractivity (Wildman–Crippen MR) is 66.7 cm³/mol. The van der Waals surface area contributed by atoms with Gasteiger partial charge in [0.05, 0.1) is 13.0 Å². The van der Waals surface area contributed by atoms with Gasteiger partial charge in [0.1, 0.15) is 0 Å². The summed E-state index contributed by atoms with van der Waals surface area (Å²) in [5.74, 6) is -1.01. The number of H-pyrrole nitrogens is 1. The number of aliphatic carboxylic acids is 1. The number of hydrogen-bond acceptors (Lipinski definition) is 2. The number of nitrogens with one attached hydrogen (secondary N) is 1. The summed E-state index contributed by atoms with van der Waals surface area (Å²) in [5.41, 5.74) is 2.14. The van der Waals surface area contributed by atoms with Gasteiger partial charge in [0, 0.05) is 11.8 Å². The van der Waals surface area contributed by atoms with Gasteiger partial charge < -0.3 is 10.2 Å². The van der Waals surface area contributed by atoms with Gasteiger partial charge in [-0.3, -0.25) is 9.59 Å². The Morgan fingerprint density at radius 1 is 1.33 bits per heavy atom. The quantitative estimate of drug-likeness (QED) is 0.850. The molecule has 0 amide bonds. The van der Waals surface area contributed by atoms with Crippen molar-refractivity contribution in [3.8, 4) is 0 Å². The van der Waals surface area contributed by atoms with Gasteiger partial charge in [-0.05, 0) is 12.5 Å². The van der Waals surface area contributed by atoms with Gasteiger partial charge in [-0.25, -0.2) is 4.68 Å². The van der Waals surface area contributed by atoms with E-state index >= 15 is 0 Å². The van der Waals surface area contributed by atoms with E-state index in [4.69, 9.17) is 5.11 Å². The zero-order valence-electron chi connectivity index (χ0n) is 10.0. The lowest BCUT2D eigenvalue weighted by molar-refractivity contribution is -0.136. The summed E-state index contributed by atoms with van der Waals surface area (Å²) in [7, 11) is 0. The molecule has 18 heavy (non-hydrogen) atoms. The van der Waals surface area contributed by atoms with Crippen LogP contribution in [0, 0.1) is 6.92 Å². The molecule has 0 saturated carbocycles. The molecule has 2 N–H and O–H groups in total. The second-order valence-electron chi connectivity index (χ2n) is 4.25. The highest BCUT2D eigenvalue weighted by molar-refractivity contribution is 5.69. The Morgan fingerprint density at radius 2 is 2.00 bits per heavy atom. The molecule has 1 aromatic heterocycles. The van der Waals surface area contributed by atoms with Crippen molar-refractivity contribution in [1.82, 2.24) is 9.78 Å². The van der Waals surface area contributed by atoms with E-state index in [0.717, 1.165) is 11.1 Å². The second kappa shape index (κ2) is 4.91. The zero-order valence-corrected chi connectivity index (χ0v) is 10.0. The fourth-order valence-electron chi connectivity index (χ4n) is 1.73. The standard InChI is InChI=1S/C13H14N2O3/c1-9-2-4-10(5-3-9)8-15-13(18)11(7-14-15)6-12(16)17/h2-5,7,14H,6,8H2,1H3,(H,16,17). The van der Waals surface area contributed by atoms with Gasteiger partial charge in [0.2, 0.25) is 0 Å². The maximum Gasteiger partial charge on any atom is 0.308 e. The Bertz CT molecular complexity index is 608. The topological polar surface area (TPSA) is 75.1 Å². The minimum Gasteiger partial charge on any atom is -0.481 e. The van der Waals surface area contributed by atoms with Crippen molar-refractivity contribution >= 4 is 5.97 Å².